The van der Waals surface area contributed by atoms with Gasteiger partial charge in [0.15, 0.2) is 0 Å². The molecule has 6 heteroatoms. The Morgan fingerprint density at radius 1 is 1.33 bits per heavy atom. The Balaban J connectivity index is 2.14. The van der Waals surface area contributed by atoms with Crippen molar-refractivity contribution in [3.63, 3.8) is 0 Å². The van der Waals surface area contributed by atoms with E-state index in [9.17, 15) is 9.59 Å². The molecule has 0 unspecified atom stereocenters. The Kier molecular flexibility index (Phi) is 4.16. The summed E-state index contributed by atoms with van der Waals surface area (Å²) in [5.41, 5.74) is 7.64. The second kappa shape index (κ2) is 5.87. The van der Waals surface area contributed by atoms with E-state index in [2.05, 4.69) is 5.32 Å². The minimum Gasteiger partial charge on any atom is -0.397 e. The molecule has 0 aliphatic carbocycles. The van der Waals surface area contributed by atoms with Crippen molar-refractivity contribution in [2.24, 2.45) is 0 Å². The predicted molar refractivity (Wildman–Crippen MR) is 83.3 cm³/mol. The number of amides is 1. The van der Waals surface area contributed by atoms with Gasteiger partial charge >= 0.3 is 5.69 Å². The largest absolute Gasteiger partial charge is 0.397 e. The van der Waals surface area contributed by atoms with E-state index in [1.165, 1.54) is 4.57 Å². The molecule has 21 heavy (non-hydrogen) atoms. The van der Waals surface area contributed by atoms with Crippen molar-refractivity contribution < 1.29 is 4.79 Å². The molecule has 0 aliphatic heterocycles. The fourth-order valence-electron chi connectivity index (χ4n) is 2.14. The molecule has 0 atom stereocenters. The maximum Gasteiger partial charge on any atom is 0.328 e. The summed E-state index contributed by atoms with van der Waals surface area (Å²) in [5.74, 6) is -0.278. The van der Waals surface area contributed by atoms with Crippen LogP contribution in [0.1, 0.15) is 25.5 Å². The number of hydrogen-bond donors (Lipinski definition) is 2. The standard InChI is InChI=1S/C15H20N4O2/c1-10(2)19-8-7-18(15(19)21)9-13(20)17-14-11(3)5-4-6-12(14)16/h4-8,10H,9,16H2,1-3H3,(H,17,20). The van der Waals surface area contributed by atoms with E-state index in [1.54, 1.807) is 23.0 Å². The van der Waals surface area contributed by atoms with Crippen LogP contribution < -0.4 is 16.7 Å². The summed E-state index contributed by atoms with van der Waals surface area (Å²) in [6, 6.07) is 5.49. The number of anilines is 2. The minimum atomic E-state index is -0.278. The van der Waals surface area contributed by atoms with Gasteiger partial charge in [-0.05, 0) is 32.4 Å². The lowest BCUT2D eigenvalue weighted by molar-refractivity contribution is -0.116. The van der Waals surface area contributed by atoms with Gasteiger partial charge in [-0.3, -0.25) is 13.9 Å². The number of aryl methyl sites for hydroxylation is 1. The lowest BCUT2D eigenvalue weighted by Crippen LogP contribution is -2.30. The zero-order valence-electron chi connectivity index (χ0n) is 12.5. The van der Waals surface area contributed by atoms with Gasteiger partial charge in [-0.25, -0.2) is 4.79 Å². The van der Waals surface area contributed by atoms with Gasteiger partial charge in [-0.2, -0.15) is 0 Å². The molecule has 6 nitrogen and oxygen atoms in total. The molecule has 0 fully saturated rings. The molecule has 3 N–H and O–H groups in total. The molecular formula is C15H20N4O2. The first kappa shape index (κ1) is 14.9. The predicted octanol–water partition coefficient (Wildman–Crippen LogP) is 1.76. The molecule has 2 rings (SSSR count). The van der Waals surface area contributed by atoms with Crippen molar-refractivity contribution >= 4 is 17.3 Å². The number of rotatable bonds is 4. The molecule has 0 radical (unpaired) electrons. The first-order chi connectivity index (χ1) is 9.90. The number of nitrogen functional groups attached to an aromatic ring is 1. The molecule has 1 heterocycles. The highest BCUT2D eigenvalue weighted by atomic mass is 16.2. The van der Waals surface area contributed by atoms with E-state index < -0.39 is 0 Å². The molecule has 0 aliphatic rings. The SMILES string of the molecule is Cc1cccc(N)c1NC(=O)Cn1ccn(C(C)C)c1=O. The zero-order chi connectivity index (χ0) is 15.6. The van der Waals surface area contributed by atoms with Crippen molar-refractivity contribution in [3.05, 3.63) is 46.6 Å². The Hall–Kier alpha value is -2.50. The van der Waals surface area contributed by atoms with Gasteiger partial charge in [-0.1, -0.05) is 12.1 Å². The fraction of sp³-hybridized carbons (Fsp3) is 0.333. The van der Waals surface area contributed by atoms with Crippen molar-refractivity contribution in [1.29, 1.82) is 0 Å². The van der Waals surface area contributed by atoms with E-state index in [0.717, 1.165) is 5.56 Å². The van der Waals surface area contributed by atoms with Gasteiger partial charge in [-0.15, -0.1) is 0 Å². The Bertz CT molecular complexity index is 692. The second-order valence-corrected chi connectivity index (χ2v) is 5.30. The number of aromatic nitrogens is 2. The Morgan fingerprint density at radius 3 is 2.62 bits per heavy atom. The van der Waals surface area contributed by atoms with Crippen LogP contribution in [0.3, 0.4) is 0 Å². The highest BCUT2D eigenvalue weighted by Gasteiger charge is 2.11. The molecule has 1 amide bonds. The number of hydrogen-bond acceptors (Lipinski definition) is 3. The number of nitrogens with one attached hydrogen (secondary N) is 1. The van der Waals surface area contributed by atoms with Gasteiger partial charge in [0.25, 0.3) is 0 Å². The van der Waals surface area contributed by atoms with Crippen LogP contribution in [0.15, 0.2) is 35.4 Å². The average molecular weight is 288 g/mol. The van der Waals surface area contributed by atoms with Crippen LogP contribution in [0.5, 0.6) is 0 Å². The summed E-state index contributed by atoms with van der Waals surface area (Å²) in [4.78, 5) is 24.1. The first-order valence-electron chi connectivity index (χ1n) is 6.82. The Labute approximate surface area is 123 Å². The van der Waals surface area contributed by atoms with Gasteiger partial charge in [0.2, 0.25) is 5.91 Å². The lowest BCUT2D eigenvalue weighted by Gasteiger charge is -2.11. The van der Waals surface area contributed by atoms with Gasteiger partial charge in [0.05, 0.1) is 11.4 Å². The van der Waals surface area contributed by atoms with Crippen molar-refractivity contribution in [2.75, 3.05) is 11.1 Å². The maximum absolute atomic E-state index is 12.1. The van der Waals surface area contributed by atoms with Gasteiger partial charge in [0, 0.05) is 18.4 Å². The monoisotopic (exact) mass is 288 g/mol. The van der Waals surface area contributed by atoms with E-state index in [0.29, 0.717) is 11.4 Å². The summed E-state index contributed by atoms with van der Waals surface area (Å²) in [6.07, 6.45) is 3.30. The van der Waals surface area contributed by atoms with E-state index in [1.807, 2.05) is 32.9 Å². The molecule has 2 aromatic rings. The van der Waals surface area contributed by atoms with E-state index in [-0.39, 0.29) is 24.2 Å². The third-order valence-corrected chi connectivity index (χ3v) is 3.31. The number of carbonyl (C=O) groups excluding carboxylic acids is 1. The van der Waals surface area contributed by atoms with Crippen LogP contribution >= 0.6 is 0 Å². The topological polar surface area (TPSA) is 82.0 Å². The normalized spacial score (nSPS) is 10.9. The zero-order valence-corrected chi connectivity index (χ0v) is 12.5. The van der Waals surface area contributed by atoms with Crippen LogP contribution in [0.2, 0.25) is 0 Å². The minimum absolute atomic E-state index is 0.0354. The second-order valence-electron chi connectivity index (χ2n) is 5.30. The molecule has 1 aromatic heterocycles. The quantitative estimate of drug-likeness (QED) is 0.841. The number of nitrogens with two attached hydrogens (primary N) is 1. The molecule has 0 saturated heterocycles. The molecular weight excluding hydrogens is 268 g/mol. The Morgan fingerprint density at radius 2 is 2.05 bits per heavy atom. The first-order valence-corrected chi connectivity index (χ1v) is 6.82. The summed E-state index contributed by atoms with van der Waals surface area (Å²) in [5, 5.41) is 2.76. The third kappa shape index (κ3) is 3.16. The van der Waals surface area contributed by atoms with E-state index in [4.69, 9.17) is 5.73 Å². The van der Waals surface area contributed by atoms with E-state index >= 15 is 0 Å². The maximum atomic E-state index is 12.1. The van der Waals surface area contributed by atoms with Crippen molar-refractivity contribution in [3.8, 4) is 0 Å². The lowest BCUT2D eigenvalue weighted by atomic mass is 10.1. The fourth-order valence-corrected chi connectivity index (χ4v) is 2.14. The van der Waals surface area contributed by atoms with Gasteiger partial charge in [0.1, 0.15) is 6.54 Å². The molecule has 0 saturated carbocycles. The van der Waals surface area contributed by atoms with Crippen LogP contribution in [0, 0.1) is 6.92 Å². The number of carbonyl (C=O) groups is 1. The van der Waals surface area contributed by atoms with Crippen molar-refractivity contribution in [2.45, 2.75) is 33.4 Å². The third-order valence-electron chi connectivity index (χ3n) is 3.31. The van der Waals surface area contributed by atoms with Crippen LogP contribution in [-0.4, -0.2) is 15.0 Å². The summed E-state index contributed by atoms with van der Waals surface area (Å²) in [7, 11) is 0. The summed E-state index contributed by atoms with van der Waals surface area (Å²) < 4.78 is 2.96. The smallest absolute Gasteiger partial charge is 0.328 e. The number of nitrogens with zero attached hydrogens (tertiary/aromatic N) is 2. The molecule has 1 aromatic carbocycles. The number of para-hydroxylation sites is 1. The van der Waals surface area contributed by atoms with Crippen LogP contribution in [-0.2, 0) is 11.3 Å². The van der Waals surface area contributed by atoms with Crippen LogP contribution in [0.4, 0.5) is 11.4 Å². The highest BCUT2D eigenvalue weighted by Crippen LogP contribution is 2.22. The summed E-state index contributed by atoms with van der Waals surface area (Å²) in [6.45, 7) is 5.67. The average Bonchev–Trinajstić information content (AvgIpc) is 2.76. The van der Waals surface area contributed by atoms with Gasteiger partial charge < -0.3 is 11.1 Å². The molecule has 0 bridgehead atoms. The molecule has 0 spiro atoms. The van der Waals surface area contributed by atoms with Crippen LogP contribution in [0.25, 0.3) is 0 Å². The number of benzene rings is 1. The number of imidazole rings is 1. The van der Waals surface area contributed by atoms with Crippen molar-refractivity contribution in [1.82, 2.24) is 9.13 Å². The highest BCUT2D eigenvalue weighted by molar-refractivity contribution is 5.94. The summed E-state index contributed by atoms with van der Waals surface area (Å²) >= 11 is 0. The molecule has 112 valence electrons.